The molecule has 2 amide bonds. The van der Waals surface area contributed by atoms with Crippen molar-refractivity contribution < 1.29 is 14.3 Å². The Morgan fingerprint density at radius 3 is 2.42 bits per heavy atom. The summed E-state index contributed by atoms with van der Waals surface area (Å²) in [5.74, 6) is 1.08. The van der Waals surface area contributed by atoms with Crippen molar-refractivity contribution in [1.29, 1.82) is 0 Å². The molecule has 9 nitrogen and oxygen atoms in total. The molecule has 0 aliphatic heterocycles. The lowest BCUT2D eigenvalue weighted by Crippen LogP contribution is -2.43. The Balaban J connectivity index is 1.38. The highest BCUT2D eigenvalue weighted by Gasteiger charge is 2.33. The van der Waals surface area contributed by atoms with Gasteiger partial charge in [0.25, 0.3) is 11.9 Å². The van der Waals surface area contributed by atoms with Gasteiger partial charge in [0, 0.05) is 29.6 Å². The SMILES string of the molecule is CC(C)(C)C1CCC(N(Cc2ccc(C(=O)Nc3nn[nH]n3)cc2)C(=O)CCCOc2ccc(Cl)cc2Cl)CC1. The van der Waals surface area contributed by atoms with Crippen LogP contribution in [0, 0.1) is 11.3 Å². The van der Waals surface area contributed by atoms with Gasteiger partial charge in [0.2, 0.25) is 5.91 Å². The van der Waals surface area contributed by atoms with Crippen molar-refractivity contribution in [2.75, 3.05) is 11.9 Å². The highest BCUT2D eigenvalue weighted by molar-refractivity contribution is 6.35. The molecular weight excluding hydrogens is 551 g/mol. The number of H-pyrrole nitrogens is 1. The Labute approximate surface area is 245 Å². The maximum Gasteiger partial charge on any atom is 0.270 e. The van der Waals surface area contributed by atoms with Crippen LogP contribution < -0.4 is 10.1 Å². The van der Waals surface area contributed by atoms with Crippen molar-refractivity contribution in [2.24, 2.45) is 11.3 Å². The van der Waals surface area contributed by atoms with E-state index < -0.39 is 0 Å². The van der Waals surface area contributed by atoms with Crippen LogP contribution in [0.4, 0.5) is 5.95 Å². The van der Waals surface area contributed by atoms with Crippen LogP contribution in [0.15, 0.2) is 42.5 Å². The second kappa shape index (κ2) is 13.5. The van der Waals surface area contributed by atoms with Crippen LogP contribution in [0.25, 0.3) is 0 Å². The van der Waals surface area contributed by atoms with Crippen molar-refractivity contribution >= 4 is 41.0 Å². The molecule has 1 aliphatic carbocycles. The molecule has 2 aromatic carbocycles. The molecule has 2 N–H and O–H groups in total. The Morgan fingerprint density at radius 2 is 1.80 bits per heavy atom. The Bertz CT molecular complexity index is 1270. The first-order valence-electron chi connectivity index (χ1n) is 13.6. The Morgan fingerprint density at radius 1 is 1.07 bits per heavy atom. The van der Waals surface area contributed by atoms with E-state index in [1.165, 1.54) is 0 Å². The third kappa shape index (κ3) is 8.17. The molecule has 0 spiro atoms. The molecule has 0 atom stereocenters. The Hall–Kier alpha value is -3.17. The maximum atomic E-state index is 13.5. The number of nitrogens with one attached hydrogen (secondary N) is 2. The summed E-state index contributed by atoms with van der Waals surface area (Å²) in [6.07, 6.45) is 5.11. The minimum absolute atomic E-state index is 0.101. The molecule has 0 bridgehead atoms. The summed E-state index contributed by atoms with van der Waals surface area (Å²) in [6, 6.07) is 12.5. The average molecular weight is 588 g/mol. The molecule has 1 aliphatic rings. The predicted molar refractivity (Wildman–Crippen MR) is 156 cm³/mol. The fourth-order valence-corrected chi connectivity index (χ4v) is 5.63. The standard InChI is InChI=1S/C29H36Cl2N6O3/c1-29(2,3)21-10-13-23(14-11-21)37(26(38)5-4-16-40-25-15-12-22(30)17-24(25)31)18-19-6-8-20(9-7-19)27(39)32-28-33-35-36-34-28/h6-9,12,15,17,21,23H,4-5,10-11,13-14,16,18H2,1-3H3,(H2,32,33,34,35,36,39). The molecule has 0 radical (unpaired) electrons. The van der Waals surface area contributed by atoms with Gasteiger partial charge in [-0.3, -0.25) is 14.9 Å². The van der Waals surface area contributed by atoms with Crippen LogP contribution in [-0.4, -0.2) is 50.0 Å². The third-order valence-corrected chi connectivity index (χ3v) is 8.04. The summed E-state index contributed by atoms with van der Waals surface area (Å²) in [5.41, 5.74) is 1.69. The van der Waals surface area contributed by atoms with E-state index in [0.29, 0.717) is 53.3 Å². The number of benzene rings is 2. The Kier molecular flexibility index (Phi) is 10.0. The van der Waals surface area contributed by atoms with Gasteiger partial charge >= 0.3 is 0 Å². The lowest BCUT2D eigenvalue weighted by Gasteiger charge is -2.41. The molecule has 0 unspecified atom stereocenters. The molecule has 0 saturated heterocycles. The number of aromatic nitrogens is 4. The van der Waals surface area contributed by atoms with Gasteiger partial charge in [-0.05, 0) is 84.5 Å². The van der Waals surface area contributed by atoms with E-state index in [1.54, 1.807) is 30.3 Å². The van der Waals surface area contributed by atoms with Gasteiger partial charge in [-0.25, -0.2) is 0 Å². The quantitative estimate of drug-likeness (QED) is 0.260. The second-order valence-corrected chi connectivity index (χ2v) is 12.1. The first-order chi connectivity index (χ1) is 19.1. The van der Waals surface area contributed by atoms with E-state index in [0.717, 1.165) is 31.2 Å². The molecular formula is C29H36Cl2N6O3. The number of aromatic amines is 1. The largest absolute Gasteiger partial charge is 0.492 e. The number of hydrogen-bond acceptors (Lipinski definition) is 6. The fourth-order valence-electron chi connectivity index (χ4n) is 5.16. The number of carbonyl (C=O) groups excluding carboxylic acids is 2. The monoisotopic (exact) mass is 586 g/mol. The number of hydrogen-bond donors (Lipinski definition) is 2. The molecule has 1 heterocycles. The zero-order valence-electron chi connectivity index (χ0n) is 23.1. The number of ether oxygens (including phenoxy) is 1. The fraction of sp³-hybridized carbons (Fsp3) is 0.483. The van der Waals surface area contributed by atoms with E-state index in [2.05, 4.69) is 46.7 Å². The van der Waals surface area contributed by atoms with Gasteiger partial charge in [-0.1, -0.05) is 61.2 Å². The summed E-state index contributed by atoms with van der Waals surface area (Å²) in [7, 11) is 0. The maximum absolute atomic E-state index is 13.5. The van der Waals surface area contributed by atoms with Gasteiger partial charge in [-0.15, -0.1) is 5.10 Å². The van der Waals surface area contributed by atoms with Crippen LogP contribution in [0.3, 0.4) is 0 Å². The van der Waals surface area contributed by atoms with E-state index in [1.807, 2.05) is 17.0 Å². The van der Waals surface area contributed by atoms with Crippen molar-refractivity contribution in [3.05, 3.63) is 63.6 Å². The highest BCUT2D eigenvalue weighted by atomic mass is 35.5. The number of amides is 2. The molecule has 214 valence electrons. The molecule has 3 aromatic rings. The van der Waals surface area contributed by atoms with Crippen LogP contribution >= 0.6 is 23.2 Å². The lowest BCUT2D eigenvalue weighted by atomic mass is 9.71. The minimum atomic E-state index is -0.331. The zero-order chi connectivity index (χ0) is 28.7. The summed E-state index contributed by atoms with van der Waals surface area (Å²) in [6.45, 7) is 7.75. The molecule has 4 rings (SSSR count). The van der Waals surface area contributed by atoms with E-state index in [-0.39, 0.29) is 29.2 Å². The smallest absolute Gasteiger partial charge is 0.270 e. The number of carbonyl (C=O) groups is 2. The first-order valence-corrected chi connectivity index (χ1v) is 14.4. The van der Waals surface area contributed by atoms with Crippen LogP contribution in [0.2, 0.25) is 10.0 Å². The minimum Gasteiger partial charge on any atom is -0.492 e. The zero-order valence-corrected chi connectivity index (χ0v) is 24.6. The van der Waals surface area contributed by atoms with Crippen molar-refractivity contribution in [3.63, 3.8) is 0 Å². The topological polar surface area (TPSA) is 113 Å². The average Bonchev–Trinajstić information content (AvgIpc) is 3.43. The number of anilines is 1. The number of rotatable bonds is 10. The van der Waals surface area contributed by atoms with Gasteiger partial charge in [-0.2, -0.15) is 5.21 Å². The molecule has 40 heavy (non-hydrogen) atoms. The summed E-state index contributed by atoms with van der Waals surface area (Å²) < 4.78 is 5.80. The second-order valence-electron chi connectivity index (χ2n) is 11.3. The number of tetrazole rings is 1. The number of halogens is 2. The normalized spacial score (nSPS) is 17.3. The molecule has 1 saturated carbocycles. The molecule has 11 heteroatoms. The van der Waals surface area contributed by atoms with Crippen LogP contribution in [0.1, 0.15) is 75.2 Å². The van der Waals surface area contributed by atoms with Crippen molar-refractivity contribution in [2.45, 2.75) is 71.9 Å². The van der Waals surface area contributed by atoms with E-state index >= 15 is 0 Å². The third-order valence-electron chi connectivity index (χ3n) is 7.51. The molecule has 1 aromatic heterocycles. The summed E-state index contributed by atoms with van der Waals surface area (Å²) >= 11 is 12.2. The summed E-state index contributed by atoms with van der Waals surface area (Å²) in [5, 5.41) is 16.8. The highest BCUT2D eigenvalue weighted by Crippen LogP contribution is 2.39. The van der Waals surface area contributed by atoms with Crippen molar-refractivity contribution in [3.8, 4) is 5.75 Å². The first kappa shape index (κ1) is 29.8. The van der Waals surface area contributed by atoms with E-state index in [9.17, 15) is 9.59 Å². The summed E-state index contributed by atoms with van der Waals surface area (Å²) in [4.78, 5) is 28.0. The van der Waals surface area contributed by atoms with Gasteiger partial charge < -0.3 is 9.64 Å². The van der Waals surface area contributed by atoms with E-state index in [4.69, 9.17) is 27.9 Å². The van der Waals surface area contributed by atoms with Crippen molar-refractivity contribution in [1.82, 2.24) is 25.5 Å². The van der Waals surface area contributed by atoms with Gasteiger partial charge in [0.1, 0.15) is 5.75 Å². The van der Waals surface area contributed by atoms with Crippen LogP contribution in [-0.2, 0) is 11.3 Å². The lowest BCUT2D eigenvalue weighted by molar-refractivity contribution is -0.135. The molecule has 1 fully saturated rings. The number of nitrogens with zero attached hydrogens (tertiary/aromatic N) is 4. The van der Waals surface area contributed by atoms with Gasteiger partial charge in [0.15, 0.2) is 0 Å². The van der Waals surface area contributed by atoms with Gasteiger partial charge in [0.05, 0.1) is 11.6 Å². The van der Waals surface area contributed by atoms with Crippen LogP contribution in [0.5, 0.6) is 5.75 Å². The predicted octanol–water partition coefficient (Wildman–Crippen LogP) is 6.55.